The molecule has 2 unspecified atom stereocenters. The van der Waals surface area contributed by atoms with Crippen LogP contribution < -0.4 is 0 Å². The second kappa shape index (κ2) is 6.28. The van der Waals surface area contributed by atoms with Crippen molar-refractivity contribution >= 4 is 12.0 Å². The fourth-order valence-electron chi connectivity index (χ4n) is 3.14. The minimum atomic E-state index is -0.467. The van der Waals surface area contributed by atoms with Crippen molar-refractivity contribution < 1.29 is 14.3 Å². The molecule has 3 heterocycles. The topological polar surface area (TPSA) is 57.6 Å². The van der Waals surface area contributed by atoms with Crippen LogP contribution in [-0.2, 0) is 9.47 Å². The van der Waals surface area contributed by atoms with Gasteiger partial charge < -0.3 is 19.3 Å². The zero-order valence-corrected chi connectivity index (χ0v) is 14.6. The van der Waals surface area contributed by atoms with Crippen LogP contribution in [0.3, 0.4) is 0 Å². The third kappa shape index (κ3) is 4.14. The molecule has 0 radical (unpaired) electrons. The largest absolute Gasteiger partial charge is 0.472 e. The molecule has 2 fully saturated rings. The summed E-state index contributed by atoms with van der Waals surface area (Å²) in [6.45, 7) is 11.9. The van der Waals surface area contributed by atoms with Gasteiger partial charge in [0, 0.05) is 26.2 Å². The number of likely N-dealkylation sites (N-methyl/N-ethyl adjacent to an activating group) is 1. The number of hydrogen-bond donors (Lipinski definition) is 0. The summed E-state index contributed by atoms with van der Waals surface area (Å²) in [6.07, 6.45) is -0.281. The van der Waals surface area contributed by atoms with E-state index in [2.05, 4.69) is 21.8 Å². The third-order valence-electron chi connectivity index (χ3n) is 4.44. The number of amides is 1. The maximum atomic E-state index is 12.1. The molecule has 130 valence electrons. The van der Waals surface area contributed by atoms with Crippen molar-refractivity contribution in [1.29, 1.82) is 0 Å². The quantitative estimate of drug-likeness (QED) is 0.746. The minimum absolute atomic E-state index is 0.00928. The SMILES string of the molecule is CN1CCN(CC2=NC3CN(C(=O)OC(C)(C)C)CC3O2)CC1. The van der Waals surface area contributed by atoms with Gasteiger partial charge in [0.2, 0.25) is 0 Å². The number of fused-ring (bicyclic) bond motifs is 1. The lowest BCUT2D eigenvalue weighted by atomic mass is 10.2. The monoisotopic (exact) mass is 324 g/mol. The first-order chi connectivity index (χ1) is 10.8. The van der Waals surface area contributed by atoms with Crippen molar-refractivity contribution in [2.75, 3.05) is 52.9 Å². The molecule has 1 amide bonds. The van der Waals surface area contributed by atoms with Gasteiger partial charge in [0.1, 0.15) is 17.7 Å². The van der Waals surface area contributed by atoms with Crippen LogP contribution in [0.5, 0.6) is 0 Å². The van der Waals surface area contributed by atoms with Crippen molar-refractivity contribution in [1.82, 2.24) is 14.7 Å². The first kappa shape index (κ1) is 16.5. The van der Waals surface area contributed by atoms with E-state index < -0.39 is 5.60 Å². The van der Waals surface area contributed by atoms with Crippen molar-refractivity contribution in [3.8, 4) is 0 Å². The number of likely N-dealkylation sites (tertiary alicyclic amines) is 1. The molecule has 0 bridgehead atoms. The van der Waals surface area contributed by atoms with E-state index in [1.165, 1.54) is 0 Å². The molecule has 7 nitrogen and oxygen atoms in total. The van der Waals surface area contributed by atoms with Crippen molar-refractivity contribution in [2.24, 2.45) is 4.99 Å². The minimum Gasteiger partial charge on any atom is -0.472 e. The van der Waals surface area contributed by atoms with Crippen LogP contribution in [-0.4, -0.2) is 97.3 Å². The molecule has 0 spiro atoms. The number of carbonyl (C=O) groups is 1. The van der Waals surface area contributed by atoms with E-state index in [1.807, 2.05) is 20.8 Å². The van der Waals surface area contributed by atoms with Crippen LogP contribution in [0.1, 0.15) is 20.8 Å². The number of ether oxygens (including phenoxy) is 2. The molecule has 3 aliphatic heterocycles. The molecule has 0 aromatic carbocycles. The van der Waals surface area contributed by atoms with Gasteiger partial charge in [0.05, 0.1) is 19.6 Å². The van der Waals surface area contributed by atoms with Gasteiger partial charge in [-0.3, -0.25) is 4.90 Å². The Morgan fingerprint density at radius 3 is 2.57 bits per heavy atom. The normalized spacial score (nSPS) is 29.2. The molecule has 7 heteroatoms. The fourth-order valence-corrected chi connectivity index (χ4v) is 3.14. The number of carbonyl (C=O) groups excluding carboxylic acids is 1. The standard InChI is InChI=1S/C16H28N4O3/c1-16(2,3)23-15(21)20-9-12-13(10-20)22-14(17-12)11-19-7-5-18(4)6-8-19/h12-13H,5-11H2,1-4H3. The molecule has 0 saturated carbocycles. The number of nitrogens with zero attached hydrogens (tertiary/aromatic N) is 4. The van der Waals surface area contributed by atoms with Crippen LogP contribution in [0.15, 0.2) is 4.99 Å². The maximum Gasteiger partial charge on any atom is 0.410 e. The van der Waals surface area contributed by atoms with Gasteiger partial charge in [-0.2, -0.15) is 0 Å². The van der Waals surface area contributed by atoms with Gasteiger partial charge in [0.25, 0.3) is 0 Å². The Balaban J connectivity index is 1.49. The predicted molar refractivity (Wildman–Crippen MR) is 87.8 cm³/mol. The molecule has 0 N–H and O–H groups in total. The molecule has 3 rings (SSSR count). The Labute approximate surface area is 138 Å². The highest BCUT2D eigenvalue weighted by atomic mass is 16.6. The second-order valence-electron chi connectivity index (χ2n) is 7.71. The van der Waals surface area contributed by atoms with Crippen LogP contribution in [0.4, 0.5) is 4.79 Å². The number of rotatable bonds is 2. The Morgan fingerprint density at radius 1 is 1.26 bits per heavy atom. The molecule has 2 atom stereocenters. The molecular formula is C16H28N4O3. The number of hydrogen-bond acceptors (Lipinski definition) is 6. The molecular weight excluding hydrogens is 296 g/mol. The smallest absolute Gasteiger partial charge is 0.410 e. The van der Waals surface area contributed by atoms with Crippen LogP contribution >= 0.6 is 0 Å². The van der Waals surface area contributed by atoms with Crippen LogP contribution in [0, 0.1) is 0 Å². The van der Waals surface area contributed by atoms with E-state index >= 15 is 0 Å². The zero-order valence-electron chi connectivity index (χ0n) is 14.6. The molecule has 3 aliphatic rings. The summed E-state index contributed by atoms with van der Waals surface area (Å²) in [4.78, 5) is 23.2. The lowest BCUT2D eigenvalue weighted by Crippen LogP contribution is -2.46. The maximum absolute atomic E-state index is 12.1. The Bertz CT molecular complexity index is 480. The summed E-state index contributed by atoms with van der Waals surface area (Å²) in [5, 5.41) is 0. The fraction of sp³-hybridized carbons (Fsp3) is 0.875. The van der Waals surface area contributed by atoms with Gasteiger partial charge in [-0.25, -0.2) is 9.79 Å². The van der Waals surface area contributed by atoms with Gasteiger partial charge in [0.15, 0.2) is 5.90 Å². The summed E-state index contributed by atoms with van der Waals surface area (Å²) in [5.74, 6) is 0.827. The van der Waals surface area contributed by atoms with E-state index in [9.17, 15) is 4.79 Å². The highest BCUT2D eigenvalue weighted by molar-refractivity contribution is 5.81. The third-order valence-corrected chi connectivity index (χ3v) is 4.44. The number of piperazine rings is 1. The van der Waals surface area contributed by atoms with E-state index in [0.717, 1.165) is 38.6 Å². The van der Waals surface area contributed by atoms with E-state index in [0.29, 0.717) is 13.1 Å². The summed E-state index contributed by atoms with van der Waals surface area (Å²) in [6, 6.07) is 0.0602. The van der Waals surface area contributed by atoms with Crippen molar-refractivity contribution in [3.63, 3.8) is 0 Å². The van der Waals surface area contributed by atoms with Gasteiger partial charge in [-0.1, -0.05) is 0 Å². The Morgan fingerprint density at radius 2 is 1.96 bits per heavy atom. The second-order valence-corrected chi connectivity index (χ2v) is 7.71. The van der Waals surface area contributed by atoms with E-state index in [-0.39, 0.29) is 18.2 Å². The summed E-state index contributed by atoms with van der Waals surface area (Å²) < 4.78 is 11.4. The van der Waals surface area contributed by atoms with E-state index in [1.54, 1.807) is 4.90 Å². The zero-order chi connectivity index (χ0) is 16.6. The lowest BCUT2D eigenvalue weighted by molar-refractivity contribution is 0.0270. The van der Waals surface area contributed by atoms with E-state index in [4.69, 9.17) is 9.47 Å². The molecule has 0 aromatic rings. The molecule has 0 aliphatic carbocycles. The van der Waals surface area contributed by atoms with Gasteiger partial charge in [-0.15, -0.1) is 0 Å². The van der Waals surface area contributed by atoms with Gasteiger partial charge >= 0.3 is 6.09 Å². The lowest BCUT2D eigenvalue weighted by Gasteiger charge is -2.32. The van der Waals surface area contributed by atoms with Gasteiger partial charge in [-0.05, 0) is 27.8 Å². The molecule has 0 aromatic heterocycles. The molecule has 23 heavy (non-hydrogen) atoms. The average molecular weight is 324 g/mol. The highest BCUT2D eigenvalue weighted by Gasteiger charge is 2.42. The van der Waals surface area contributed by atoms with Crippen molar-refractivity contribution in [3.05, 3.63) is 0 Å². The molecule has 2 saturated heterocycles. The highest BCUT2D eigenvalue weighted by Crippen LogP contribution is 2.24. The van der Waals surface area contributed by atoms with Crippen LogP contribution in [0.2, 0.25) is 0 Å². The summed E-state index contributed by atoms with van der Waals surface area (Å²) in [5.41, 5.74) is -0.467. The number of aliphatic imine (C=N–C) groups is 1. The first-order valence-corrected chi connectivity index (χ1v) is 8.42. The van der Waals surface area contributed by atoms with Crippen molar-refractivity contribution in [2.45, 2.75) is 38.5 Å². The Kier molecular flexibility index (Phi) is 4.51. The predicted octanol–water partition coefficient (Wildman–Crippen LogP) is 0.650. The summed E-state index contributed by atoms with van der Waals surface area (Å²) >= 11 is 0. The summed E-state index contributed by atoms with van der Waals surface area (Å²) in [7, 11) is 2.15. The average Bonchev–Trinajstić information content (AvgIpc) is 2.97. The Hall–Kier alpha value is -1.34. The first-order valence-electron chi connectivity index (χ1n) is 8.42. The van der Waals surface area contributed by atoms with Crippen LogP contribution in [0.25, 0.3) is 0 Å².